The van der Waals surface area contributed by atoms with Gasteiger partial charge in [-0.2, -0.15) is 0 Å². The Bertz CT molecular complexity index is 829. The molecule has 1 heterocycles. The third-order valence-electron chi connectivity index (χ3n) is 4.82. The van der Waals surface area contributed by atoms with E-state index in [1.165, 1.54) is 10.5 Å². The molecule has 2 N–H and O–H groups in total. The molecule has 6 heteroatoms. The molecule has 1 unspecified atom stereocenters. The number of carbonyl (C=O) groups excluding carboxylic acids is 2. The average molecular weight is 378 g/mol. The first-order valence-electron chi connectivity index (χ1n) is 9.56. The molecule has 2 aromatic rings. The number of hydrogen-bond donors (Lipinski definition) is 2. The van der Waals surface area contributed by atoms with Gasteiger partial charge in [0, 0.05) is 26.2 Å². The normalized spacial score (nSPS) is 14.8. The zero-order chi connectivity index (χ0) is 19.9. The molecule has 2 amide bonds. The van der Waals surface area contributed by atoms with E-state index in [1.807, 2.05) is 18.2 Å². The van der Waals surface area contributed by atoms with Gasteiger partial charge in [0.25, 0.3) is 11.8 Å². The molecule has 0 radical (unpaired) electrons. The topological polar surface area (TPSA) is 73.8 Å². The standard InChI is InChI=1S/C22H26N4O2/c1-16(12-13-17-8-4-3-5-9-17)25-22(23-2)24-14-15-26-20(27)18-10-6-7-11-19(18)21(26)28/h3-11,16H,12-15H2,1-2H3,(H2,23,24,25). The summed E-state index contributed by atoms with van der Waals surface area (Å²) >= 11 is 0. The van der Waals surface area contributed by atoms with Crippen molar-refractivity contribution in [2.45, 2.75) is 25.8 Å². The zero-order valence-electron chi connectivity index (χ0n) is 16.3. The quantitative estimate of drug-likeness (QED) is 0.441. The van der Waals surface area contributed by atoms with Gasteiger partial charge in [0.2, 0.25) is 0 Å². The van der Waals surface area contributed by atoms with Crippen LogP contribution in [-0.2, 0) is 6.42 Å². The maximum atomic E-state index is 12.4. The highest BCUT2D eigenvalue weighted by Gasteiger charge is 2.34. The summed E-state index contributed by atoms with van der Waals surface area (Å²) < 4.78 is 0. The third kappa shape index (κ3) is 4.57. The Morgan fingerprint density at radius 3 is 2.21 bits per heavy atom. The molecule has 2 aromatic carbocycles. The van der Waals surface area contributed by atoms with Gasteiger partial charge in [-0.25, -0.2) is 0 Å². The third-order valence-corrected chi connectivity index (χ3v) is 4.82. The van der Waals surface area contributed by atoms with E-state index in [4.69, 9.17) is 0 Å². The first-order chi connectivity index (χ1) is 13.6. The van der Waals surface area contributed by atoms with Gasteiger partial charge in [0.15, 0.2) is 5.96 Å². The van der Waals surface area contributed by atoms with Gasteiger partial charge >= 0.3 is 0 Å². The van der Waals surface area contributed by atoms with Gasteiger partial charge in [-0.1, -0.05) is 42.5 Å². The largest absolute Gasteiger partial charge is 0.355 e. The molecule has 6 nitrogen and oxygen atoms in total. The maximum Gasteiger partial charge on any atom is 0.261 e. The summed E-state index contributed by atoms with van der Waals surface area (Å²) in [5, 5.41) is 6.54. The monoisotopic (exact) mass is 378 g/mol. The van der Waals surface area contributed by atoms with Crippen LogP contribution in [0.2, 0.25) is 0 Å². The Kier molecular flexibility index (Phi) is 6.42. The number of carbonyl (C=O) groups is 2. The first-order valence-corrected chi connectivity index (χ1v) is 9.56. The number of amides is 2. The minimum Gasteiger partial charge on any atom is -0.355 e. The van der Waals surface area contributed by atoms with Crippen LogP contribution in [0.4, 0.5) is 0 Å². The van der Waals surface area contributed by atoms with Gasteiger partial charge in [-0.05, 0) is 37.5 Å². The number of benzene rings is 2. The summed E-state index contributed by atoms with van der Waals surface area (Å²) in [5.41, 5.74) is 2.26. The molecule has 1 aliphatic rings. The van der Waals surface area contributed by atoms with Gasteiger partial charge < -0.3 is 10.6 Å². The predicted octanol–water partition coefficient (Wildman–Crippen LogP) is 2.47. The second-order valence-electron chi connectivity index (χ2n) is 6.88. The fourth-order valence-corrected chi connectivity index (χ4v) is 3.26. The van der Waals surface area contributed by atoms with E-state index in [0.29, 0.717) is 30.2 Å². The lowest BCUT2D eigenvalue weighted by molar-refractivity contribution is 0.0657. The predicted molar refractivity (Wildman–Crippen MR) is 111 cm³/mol. The Morgan fingerprint density at radius 1 is 1.00 bits per heavy atom. The van der Waals surface area contributed by atoms with Gasteiger partial charge in [-0.15, -0.1) is 0 Å². The first kappa shape index (κ1) is 19.6. The molecule has 146 valence electrons. The van der Waals surface area contributed by atoms with E-state index in [0.717, 1.165) is 12.8 Å². The van der Waals surface area contributed by atoms with Crippen LogP contribution >= 0.6 is 0 Å². The zero-order valence-corrected chi connectivity index (χ0v) is 16.3. The lowest BCUT2D eigenvalue weighted by atomic mass is 10.1. The SMILES string of the molecule is CN=C(NCCN1C(=O)c2ccccc2C1=O)NC(C)CCc1ccccc1. The van der Waals surface area contributed by atoms with Crippen LogP contribution in [0.5, 0.6) is 0 Å². The van der Waals surface area contributed by atoms with Crippen molar-refractivity contribution in [2.24, 2.45) is 4.99 Å². The van der Waals surface area contributed by atoms with Crippen molar-refractivity contribution in [3.8, 4) is 0 Å². The van der Waals surface area contributed by atoms with Crippen LogP contribution in [-0.4, -0.2) is 48.9 Å². The molecule has 0 aliphatic carbocycles. The summed E-state index contributed by atoms with van der Waals surface area (Å²) in [4.78, 5) is 30.3. The Labute approximate surface area is 165 Å². The number of hydrogen-bond acceptors (Lipinski definition) is 3. The van der Waals surface area contributed by atoms with Crippen molar-refractivity contribution in [3.63, 3.8) is 0 Å². The smallest absolute Gasteiger partial charge is 0.261 e. The summed E-state index contributed by atoms with van der Waals surface area (Å²) in [6.45, 7) is 2.85. The molecule has 0 spiro atoms. The number of aliphatic imine (C=N–C) groups is 1. The van der Waals surface area contributed by atoms with Crippen molar-refractivity contribution >= 4 is 17.8 Å². The Morgan fingerprint density at radius 2 is 1.61 bits per heavy atom. The van der Waals surface area contributed by atoms with E-state index in [2.05, 4.69) is 34.7 Å². The second kappa shape index (κ2) is 9.17. The number of imide groups is 1. The number of aryl methyl sites for hydroxylation is 1. The molecule has 28 heavy (non-hydrogen) atoms. The van der Waals surface area contributed by atoms with Crippen molar-refractivity contribution in [1.82, 2.24) is 15.5 Å². The lowest BCUT2D eigenvalue weighted by Crippen LogP contribution is -2.45. The van der Waals surface area contributed by atoms with E-state index >= 15 is 0 Å². The lowest BCUT2D eigenvalue weighted by Gasteiger charge is -2.19. The maximum absolute atomic E-state index is 12.4. The number of nitrogens with one attached hydrogen (secondary N) is 2. The number of fused-ring (bicyclic) bond motifs is 1. The van der Waals surface area contributed by atoms with Crippen LogP contribution in [0, 0.1) is 0 Å². The van der Waals surface area contributed by atoms with E-state index in [1.54, 1.807) is 31.3 Å². The van der Waals surface area contributed by atoms with Crippen LogP contribution in [0.15, 0.2) is 59.6 Å². The minimum atomic E-state index is -0.235. The molecular weight excluding hydrogens is 352 g/mol. The van der Waals surface area contributed by atoms with E-state index in [9.17, 15) is 9.59 Å². The van der Waals surface area contributed by atoms with Gasteiger partial charge in [0.05, 0.1) is 11.1 Å². The van der Waals surface area contributed by atoms with Crippen LogP contribution in [0.1, 0.15) is 39.6 Å². The fraction of sp³-hybridized carbons (Fsp3) is 0.318. The molecule has 0 saturated carbocycles. The second-order valence-corrected chi connectivity index (χ2v) is 6.88. The molecular formula is C22H26N4O2. The summed E-state index contributed by atoms with van der Waals surface area (Å²) in [6.07, 6.45) is 1.96. The van der Waals surface area contributed by atoms with Gasteiger partial charge in [0.1, 0.15) is 0 Å². The highest BCUT2D eigenvalue weighted by atomic mass is 16.2. The van der Waals surface area contributed by atoms with Crippen LogP contribution in [0.25, 0.3) is 0 Å². The Balaban J connectivity index is 1.45. The fourth-order valence-electron chi connectivity index (χ4n) is 3.26. The highest BCUT2D eigenvalue weighted by molar-refractivity contribution is 6.21. The minimum absolute atomic E-state index is 0.235. The van der Waals surface area contributed by atoms with Gasteiger partial charge in [-0.3, -0.25) is 19.5 Å². The molecule has 1 aliphatic heterocycles. The molecule has 0 bridgehead atoms. The number of guanidine groups is 1. The highest BCUT2D eigenvalue weighted by Crippen LogP contribution is 2.21. The Hall–Kier alpha value is -3.15. The molecule has 0 aromatic heterocycles. The van der Waals surface area contributed by atoms with Crippen molar-refractivity contribution < 1.29 is 9.59 Å². The molecule has 0 saturated heterocycles. The van der Waals surface area contributed by atoms with E-state index in [-0.39, 0.29) is 17.9 Å². The molecule has 0 fully saturated rings. The summed E-state index contributed by atoms with van der Waals surface area (Å²) in [7, 11) is 1.71. The summed E-state index contributed by atoms with van der Waals surface area (Å²) in [6, 6.07) is 17.5. The van der Waals surface area contributed by atoms with Crippen LogP contribution < -0.4 is 10.6 Å². The molecule has 1 atom stereocenters. The summed E-state index contributed by atoms with van der Waals surface area (Å²) in [5.74, 6) is 0.195. The van der Waals surface area contributed by atoms with Crippen LogP contribution in [0.3, 0.4) is 0 Å². The number of nitrogens with zero attached hydrogens (tertiary/aromatic N) is 2. The van der Waals surface area contributed by atoms with Crippen molar-refractivity contribution in [3.05, 3.63) is 71.3 Å². The van der Waals surface area contributed by atoms with E-state index < -0.39 is 0 Å². The van der Waals surface area contributed by atoms with Crippen molar-refractivity contribution in [1.29, 1.82) is 0 Å². The number of rotatable bonds is 7. The average Bonchev–Trinajstić information content (AvgIpc) is 2.97. The molecule has 3 rings (SSSR count). The van der Waals surface area contributed by atoms with Crippen molar-refractivity contribution in [2.75, 3.05) is 20.1 Å².